The van der Waals surface area contributed by atoms with E-state index in [-0.39, 0.29) is 18.3 Å². The van der Waals surface area contributed by atoms with Crippen molar-refractivity contribution >= 4 is 23.2 Å². The molecule has 3 aromatic rings. The van der Waals surface area contributed by atoms with E-state index in [1.54, 1.807) is 18.2 Å². The van der Waals surface area contributed by atoms with Crippen molar-refractivity contribution in [3.8, 4) is 11.5 Å². The summed E-state index contributed by atoms with van der Waals surface area (Å²) in [4.78, 5) is 24.7. The van der Waals surface area contributed by atoms with Crippen LogP contribution in [0.4, 0.5) is 15.8 Å². The zero-order valence-corrected chi connectivity index (χ0v) is 17.5. The summed E-state index contributed by atoms with van der Waals surface area (Å²) in [5.41, 5.74) is 3.59. The molecule has 2 amide bonds. The van der Waals surface area contributed by atoms with Crippen molar-refractivity contribution in [2.24, 2.45) is 0 Å². The summed E-state index contributed by atoms with van der Waals surface area (Å²) >= 11 is 0. The first-order valence-corrected chi connectivity index (χ1v) is 9.60. The molecule has 7 heteroatoms. The third kappa shape index (κ3) is 5.82. The Kier molecular flexibility index (Phi) is 6.87. The number of amides is 2. The number of rotatable bonds is 7. The van der Waals surface area contributed by atoms with Crippen molar-refractivity contribution in [1.29, 1.82) is 0 Å². The Balaban J connectivity index is 1.65. The van der Waals surface area contributed by atoms with Crippen molar-refractivity contribution < 1.29 is 23.5 Å². The maximum absolute atomic E-state index is 12.9. The summed E-state index contributed by atoms with van der Waals surface area (Å²) in [7, 11) is 1.45. The molecule has 0 saturated heterocycles. The lowest BCUT2D eigenvalue weighted by molar-refractivity contribution is -0.118. The smallest absolute Gasteiger partial charge is 0.262 e. The number of benzene rings is 3. The van der Waals surface area contributed by atoms with Crippen LogP contribution in [0, 0.1) is 19.7 Å². The Morgan fingerprint density at radius 3 is 2.35 bits per heavy atom. The minimum atomic E-state index is -0.412. The number of halogens is 1. The van der Waals surface area contributed by atoms with Crippen LogP contribution in [-0.4, -0.2) is 25.5 Å². The number of ether oxygens (including phenoxy) is 2. The molecule has 0 aliphatic rings. The molecule has 0 aliphatic heterocycles. The van der Waals surface area contributed by atoms with Crippen molar-refractivity contribution in [1.82, 2.24) is 0 Å². The zero-order chi connectivity index (χ0) is 22.4. The van der Waals surface area contributed by atoms with Crippen LogP contribution in [0.1, 0.15) is 21.5 Å². The third-order valence-corrected chi connectivity index (χ3v) is 4.55. The van der Waals surface area contributed by atoms with Gasteiger partial charge in [-0.2, -0.15) is 0 Å². The molecule has 3 rings (SSSR count). The average molecular weight is 422 g/mol. The van der Waals surface area contributed by atoms with E-state index in [9.17, 15) is 14.0 Å². The van der Waals surface area contributed by atoms with E-state index in [4.69, 9.17) is 9.47 Å². The van der Waals surface area contributed by atoms with Gasteiger partial charge in [-0.3, -0.25) is 9.59 Å². The minimum absolute atomic E-state index is 0.276. The van der Waals surface area contributed by atoms with Gasteiger partial charge in [0.2, 0.25) is 0 Å². The first-order valence-electron chi connectivity index (χ1n) is 9.60. The first kappa shape index (κ1) is 21.8. The molecule has 0 spiro atoms. The number of aryl methyl sites for hydroxylation is 2. The SMILES string of the molecule is COc1cc(C(=O)Nc2cc(C)ccc2C)ccc1OCC(=O)Nc1ccc(F)cc1. The van der Waals surface area contributed by atoms with E-state index in [1.165, 1.54) is 31.4 Å². The lowest BCUT2D eigenvalue weighted by atomic mass is 10.1. The highest BCUT2D eigenvalue weighted by Gasteiger charge is 2.14. The molecule has 0 radical (unpaired) electrons. The van der Waals surface area contributed by atoms with Gasteiger partial charge in [0.05, 0.1) is 7.11 Å². The topological polar surface area (TPSA) is 76.7 Å². The van der Waals surface area contributed by atoms with E-state index < -0.39 is 5.91 Å². The summed E-state index contributed by atoms with van der Waals surface area (Å²) < 4.78 is 23.8. The number of hydrogen-bond donors (Lipinski definition) is 2. The minimum Gasteiger partial charge on any atom is -0.493 e. The maximum atomic E-state index is 12.9. The van der Waals surface area contributed by atoms with Crippen LogP contribution in [0.3, 0.4) is 0 Å². The van der Waals surface area contributed by atoms with Gasteiger partial charge < -0.3 is 20.1 Å². The molecule has 0 unspecified atom stereocenters. The van der Waals surface area contributed by atoms with Gasteiger partial charge in [0.25, 0.3) is 11.8 Å². The summed E-state index contributed by atoms with van der Waals surface area (Å²) in [5.74, 6) is -0.443. The van der Waals surface area contributed by atoms with Crippen LogP contribution in [0.2, 0.25) is 0 Å². The van der Waals surface area contributed by atoms with E-state index in [0.29, 0.717) is 22.7 Å². The number of hydrogen-bond acceptors (Lipinski definition) is 4. The molecule has 0 bridgehead atoms. The second-order valence-corrected chi connectivity index (χ2v) is 6.98. The van der Waals surface area contributed by atoms with E-state index >= 15 is 0 Å². The van der Waals surface area contributed by atoms with Gasteiger partial charge in [-0.15, -0.1) is 0 Å². The van der Waals surface area contributed by atoms with Crippen LogP contribution in [0.25, 0.3) is 0 Å². The van der Waals surface area contributed by atoms with Gasteiger partial charge in [-0.25, -0.2) is 4.39 Å². The van der Waals surface area contributed by atoms with Crippen LogP contribution in [0.15, 0.2) is 60.7 Å². The van der Waals surface area contributed by atoms with Gasteiger partial charge >= 0.3 is 0 Å². The highest BCUT2D eigenvalue weighted by Crippen LogP contribution is 2.29. The highest BCUT2D eigenvalue weighted by atomic mass is 19.1. The lowest BCUT2D eigenvalue weighted by Gasteiger charge is -2.13. The Hall–Kier alpha value is -3.87. The Morgan fingerprint density at radius 1 is 0.903 bits per heavy atom. The standard InChI is InChI=1S/C24H23FN2O4/c1-15-4-5-16(2)20(12-15)27-24(29)17-6-11-21(22(13-17)30-3)31-14-23(28)26-19-9-7-18(25)8-10-19/h4-13H,14H2,1-3H3,(H,26,28)(H,27,29). The van der Waals surface area contributed by atoms with Crippen LogP contribution < -0.4 is 20.1 Å². The summed E-state index contributed by atoms with van der Waals surface area (Å²) in [6, 6.07) is 16.0. The fourth-order valence-corrected chi connectivity index (χ4v) is 2.87. The quantitative estimate of drug-likeness (QED) is 0.578. The molecule has 31 heavy (non-hydrogen) atoms. The third-order valence-electron chi connectivity index (χ3n) is 4.55. The molecular weight excluding hydrogens is 399 g/mol. The Bertz CT molecular complexity index is 1100. The molecule has 0 aromatic heterocycles. The number of anilines is 2. The highest BCUT2D eigenvalue weighted by molar-refractivity contribution is 6.05. The van der Waals surface area contributed by atoms with Gasteiger partial charge in [-0.05, 0) is 73.5 Å². The maximum Gasteiger partial charge on any atom is 0.262 e. The predicted octanol–water partition coefficient (Wildman–Crippen LogP) is 4.72. The summed E-state index contributed by atoms with van der Waals surface area (Å²) in [5, 5.41) is 5.50. The Morgan fingerprint density at radius 2 is 1.65 bits per heavy atom. The molecule has 0 fully saturated rings. The van der Waals surface area contributed by atoms with E-state index in [2.05, 4.69) is 10.6 Å². The Labute approximate surface area is 180 Å². The van der Waals surface area contributed by atoms with Crippen LogP contribution >= 0.6 is 0 Å². The summed E-state index contributed by atoms with van der Waals surface area (Å²) in [6.07, 6.45) is 0. The molecular formula is C24H23FN2O4. The molecule has 3 aromatic carbocycles. The first-order chi connectivity index (χ1) is 14.9. The molecule has 0 atom stereocenters. The number of carbonyl (C=O) groups excluding carboxylic acids is 2. The van der Waals surface area contributed by atoms with E-state index in [1.807, 2.05) is 32.0 Å². The normalized spacial score (nSPS) is 10.3. The van der Waals surface area contributed by atoms with E-state index in [0.717, 1.165) is 16.8 Å². The van der Waals surface area contributed by atoms with Crippen molar-refractivity contribution in [3.63, 3.8) is 0 Å². The van der Waals surface area contributed by atoms with Crippen molar-refractivity contribution in [3.05, 3.63) is 83.2 Å². The van der Waals surface area contributed by atoms with Crippen molar-refractivity contribution in [2.75, 3.05) is 24.4 Å². The van der Waals surface area contributed by atoms with Crippen LogP contribution in [-0.2, 0) is 4.79 Å². The molecule has 0 saturated carbocycles. The molecule has 160 valence electrons. The van der Waals surface area contributed by atoms with Gasteiger partial charge in [0, 0.05) is 16.9 Å². The van der Waals surface area contributed by atoms with Gasteiger partial charge in [-0.1, -0.05) is 12.1 Å². The molecule has 6 nitrogen and oxygen atoms in total. The fourth-order valence-electron chi connectivity index (χ4n) is 2.87. The molecule has 2 N–H and O–H groups in total. The van der Waals surface area contributed by atoms with Crippen molar-refractivity contribution in [2.45, 2.75) is 13.8 Å². The largest absolute Gasteiger partial charge is 0.493 e. The summed E-state index contributed by atoms with van der Waals surface area (Å²) in [6.45, 7) is 3.60. The van der Waals surface area contributed by atoms with Gasteiger partial charge in [0.15, 0.2) is 18.1 Å². The van der Waals surface area contributed by atoms with Gasteiger partial charge in [0.1, 0.15) is 5.82 Å². The van der Waals surface area contributed by atoms with Crippen LogP contribution in [0.5, 0.6) is 11.5 Å². The zero-order valence-electron chi connectivity index (χ0n) is 17.5. The monoisotopic (exact) mass is 422 g/mol. The number of carbonyl (C=O) groups is 2. The predicted molar refractivity (Wildman–Crippen MR) is 117 cm³/mol. The average Bonchev–Trinajstić information content (AvgIpc) is 2.76. The fraction of sp³-hybridized carbons (Fsp3) is 0.167. The second-order valence-electron chi connectivity index (χ2n) is 6.98. The second kappa shape index (κ2) is 9.75. The number of nitrogens with one attached hydrogen (secondary N) is 2. The molecule has 0 heterocycles. The number of methoxy groups -OCH3 is 1. The lowest BCUT2D eigenvalue weighted by Crippen LogP contribution is -2.20. The molecule has 0 aliphatic carbocycles.